The summed E-state index contributed by atoms with van der Waals surface area (Å²) in [5.74, 6) is 2.11. The van der Waals surface area contributed by atoms with E-state index in [1.807, 2.05) is 37.0 Å². The van der Waals surface area contributed by atoms with E-state index in [9.17, 15) is 5.26 Å². The van der Waals surface area contributed by atoms with Crippen LogP contribution in [0.3, 0.4) is 0 Å². The van der Waals surface area contributed by atoms with Crippen molar-refractivity contribution in [1.82, 2.24) is 24.6 Å². The molecule has 5 aromatic rings. The fourth-order valence-corrected chi connectivity index (χ4v) is 6.98. The number of likely N-dealkylation sites (tertiary alicyclic amines) is 1. The minimum absolute atomic E-state index is 0.240. The summed E-state index contributed by atoms with van der Waals surface area (Å²) in [6.45, 7) is 10.4. The van der Waals surface area contributed by atoms with E-state index in [0.29, 0.717) is 48.4 Å². The quantitative estimate of drug-likeness (QED) is 0.0943. The largest absolute Gasteiger partial charge is 0.493 e. The summed E-state index contributed by atoms with van der Waals surface area (Å²) in [6.07, 6.45) is 8.69. The molecule has 1 aliphatic heterocycles. The lowest BCUT2D eigenvalue weighted by atomic mass is 9.93. The predicted molar refractivity (Wildman–Crippen MR) is 205 cm³/mol. The highest BCUT2D eigenvalue weighted by Crippen LogP contribution is 2.37. The topological polar surface area (TPSA) is 88.7 Å². The summed E-state index contributed by atoms with van der Waals surface area (Å²) < 4.78 is 20.9. The van der Waals surface area contributed by atoms with E-state index in [4.69, 9.17) is 25.8 Å². The lowest BCUT2D eigenvalue weighted by molar-refractivity contribution is 0.262. The Morgan fingerprint density at radius 1 is 0.846 bits per heavy atom. The van der Waals surface area contributed by atoms with Gasteiger partial charge in [-0.2, -0.15) is 10.4 Å². The molecule has 0 radical (unpaired) electrons. The normalized spacial score (nSPS) is 13.0. The van der Waals surface area contributed by atoms with Crippen molar-refractivity contribution in [3.05, 3.63) is 123 Å². The van der Waals surface area contributed by atoms with E-state index in [1.165, 1.54) is 32.1 Å². The van der Waals surface area contributed by atoms with Gasteiger partial charge in [0.2, 0.25) is 0 Å². The van der Waals surface area contributed by atoms with E-state index in [2.05, 4.69) is 76.2 Å². The molecule has 0 atom stereocenters. The molecule has 0 unspecified atom stereocenters. The maximum atomic E-state index is 9.35. The van der Waals surface area contributed by atoms with E-state index < -0.39 is 0 Å². The second-order valence-electron chi connectivity index (χ2n) is 13.5. The van der Waals surface area contributed by atoms with Crippen molar-refractivity contribution in [1.29, 1.82) is 5.26 Å². The number of nitriles is 1. The molecule has 1 aliphatic rings. The molecular weight excluding hydrogens is 672 g/mol. The van der Waals surface area contributed by atoms with Crippen LogP contribution in [-0.4, -0.2) is 57.9 Å². The van der Waals surface area contributed by atoms with Gasteiger partial charge in [-0.25, -0.2) is 0 Å². The molecule has 6 rings (SSSR count). The lowest BCUT2D eigenvalue weighted by Crippen LogP contribution is -2.22. The molecule has 3 aromatic carbocycles. The zero-order valence-corrected chi connectivity index (χ0v) is 31.3. The maximum absolute atomic E-state index is 9.35. The predicted octanol–water partition coefficient (Wildman–Crippen LogP) is 8.28. The Morgan fingerprint density at radius 2 is 1.62 bits per heavy atom. The Morgan fingerprint density at radius 3 is 2.38 bits per heavy atom. The fourth-order valence-electron chi connectivity index (χ4n) is 6.74. The Balaban J connectivity index is 1.18. The number of pyridine rings is 1. The molecule has 270 valence electrons. The van der Waals surface area contributed by atoms with Crippen LogP contribution in [0, 0.1) is 25.2 Å². The lowest BCUT2D eigenvalue weighted by Gasteiger charge is -2.21. The molecule has 0 saturated carbocycles. The second kappa shape index (κ2) is 17.6. The van der Waals surface area contributed by atoms with Gasteiger partial charge in [0.15, 0.2) is 0 Å². The summed E-state index contributed by atoms with van der Waals surface area (Å²) >= 11 is 6.89. The average Bonchev–Trinajstić information content (AvgIpc) is 3.82. The summed E-state index contributed by atoms with van der Waals surface area (Å²) in [7, 11) is 3.98. The molecule has 52 heavy (non-hydrogen) atoms. The highest BCUT2D eigenvalue weighted by molar-refractivity contribution is 6.32. The van der Waals surface area contributed by atoms with Gasteiger partial charge in [0.25, 0.3) is 0 Å². The minimum atomic E-state index is 0.240. The Hall–Kier alpha value is -4.88. The number of ether oxygens (including phenoxy) is 3. The van der Waals surface area contributed by atoms with Crippen molar-refractivity contribution in [2.75, 3.05) is 33.3 Å². The second-order valence-corrected chi connectivity index (χ2v) is 14.0. The van der Waals surface area contributed by atoms with Crippen molar-refractivity contribution in [3.8, 4) is 34.4 Å². The van der Waals surface area contributed by atoms with E-state index >= 15 is 0 Å². The molecule has 1 saturated heterocycles. The summed E-state index contributed by atoms with van der Waals surface area (Å²) in [5, 5.41) is 14.2. The Bertz CT molecular complexity index is 2020. The smallest absolute Gasteiger partial charge is 0.142 e. The molecule has 3 heterocycles. The first-order valence-corrected chi connectivity index (χ1v) is 18.3. The van der Waals surface area contributed by atoms with Gasteiger partial charge in [-0.05, 0) is 105 Å². The number of hydrogen-bond donors (Lipinski definition) is 0. The summed E-state index contributed by atoms with van der Waals surface area (Å²) in [4.78, 5) is 8.89. The molecular formula is C42H47ClN6O3. The number of benzene rings is 3. The van der Waals surface area contributed by atoms with Crippen LogP contribution in [-0.2, 0) is 33.4 Å². The Labute approximate surface area is 312 Å². The van der Waals surface area contributed by atoms with Crippen molar-refractivity contribution < 1.29 is 14.2 Å². The number of aromatic nitrogens is 3. The van der Waals surface area contributed by atoms with Crippen molar-refractivity contribution in [2.24, 2.45) is 7.05 Å². The fraction of sp³-hybridized carbons (Fsp3) is 0.357. The first-order valence-electron chi connectivity index (χ1n) is 17.9. The first-order chi connectivity index (χ1) is 25.3. The third-order valence-corrected chi connectivity index (χ3v) is 10.0. The summed E-state index contributed by atoms with van der Waals surface area (Å²) in [6, 6.07) is 22.3. The number of rotatable bonds is 16. The highest BCUT2D eigenvalue weighted by Gasteiger charge is 2.17. The Kier molecular flexibility index (Phi) is 12.5. The van der Waals surface area contributed by atoms with E-state index in [-0.39, 0.29) is 6.61 Å². The van der Waals surface area contributed by atoms with Crippen LogP contribution < -0.4 is 14.2 Å². The third kappa shape index (κ3) is 9.31. The van der Waals surface area contributed by atoms with Gasteiger partial charge in [-0.15, -0.1) is 0 Å². The molecule has 9 nitrogen and oxygen atoms in total. The molecule has 0 aliphatic carbocycles. The number of aryl methyl sites for hydroxylation is 1. The van der Waals surface area contributed by atoms with E-state index in [1.54, 1.807) is 18.5 Å². The zero-order valence-electron chi connectivity index (χ0n) is 30.6. The maximum Gasteiger partial charge on any atom is 0.142 e. The van der Waals surface area contributed by atoms with Gasteiger partial charge < -0.3 is 19.1 Å². The molecule has 1 fully saturated rings. The molecule has 0 N–H and O–H groups in total. The van der Waals surface area contributed by atoms with Gasteiger partial charge in [0, 0.05) is 62.5 Å². The van der Waals surface area contributed by atoms with E-state index in [0.717, 1.165) is 63.4 Å². The molecule has 2 aromatic heterocycles. The van der Waals surface area contributed by atoms with Crippen LogP contribution in [0.25, 0.3) is 11.1 Å². The van der Waals surface area contributed by atoms with Crippen molar-refractivity contribution in [2.45, 2.75) is 59.4 Å². The van der Waals surface area contributed by atoms with Crippen molar-refractivity contribution >= 4 is 11.6 Å². The third-order valence-electron chi connectivity index (χ3n) is 9.71. The van der Waals surface area contributed by atoms with Gasteiger partial charge in [0.05, 0.1) is 22.9 Å². The molecule has 10 heteroatoms. The van der Waals surface area contributed by atoms with Crippen LogP contribution in [0.4, 0.5) is 0 Å². The van der Waals surface area contributed by atoms with Gasteiger partial charge in [0.1, 0.15) is 36.5 Å². The van der Waals surface area contributed by atoms with Crippen LogP contribution in [0.1, 0.15) is 58.3 Å². The monoisotopic (exact) mass is 718 g/mol. The van der Waals surface area contributed by atoms with Gasteiger partial charge in [-0.1, -0.05) is 41.9 Å². The molecule has 0 amide bonds. The van der Waals surface area contributed by atoms with Gasteiger partial charge in [-0.3, -0.25) is 14.6 Å². The summed E-state index contributed by atoms with van der Waals surface area (Å²) in [5.41, 5.74) is 8.93. The van der Waals surface area contributed by atoms with Crippen LogP contribution in [0.5, 0.6) is 17.2 Å². The standard InChI is InChI=1S/C42H47ClN6O3/c1-30-34(10-7-11-37(30)38-12-8-13-40(31(38)2)50-19-9-18-49-16-5-6-17-49)29-52-42-22-41(51-28-33-20-32(23-44)24-45-25-33)35(21-39(42)43)26-47(3)27-36-14-15-46-48(36)4/h7-8,10-15,20-22,24-25H,5-6,9,16-19,26-29H2,1-4H3. The number of hydrogen-bond acceptors (Lipinski definition) is 8. The number of halogens is 1. The average molecular weight is 719 g/mol. The molecule has 0 bridgehead atoms. The minimum Gasteiger partial charge on any atom is -0.493 e. The van der Waals surface area contributed by atoms with Crippen molar-refractivity contribution in [3.63, 3.8) is 0 Å². The van der Waals surface area contributed by atoms with Crippen LogP contribution in [0.15, 0.2) is 79.3 Å². The zero-order chi connectivity index (χ0) is 36.5. The van der Waals surface area contributed by atoms with Crippen LogP contribution in [0.2, 0.25) is 5.02 Å². The van der Waals surface area contributed by atoms with Gasteiger partial charge >= 0.3 is 0 Å². The highest BCUT2D eigenvalue weighted by atomic mass is 35.5. The van der Waals surface area contributed by atoms with Crippen LogP contribution >= 0.6 is 11.6 Å². The first kappa shape index (κ1) is 36.9. The molecule has 0 spiro atoms. The SMILES string of the molecule is Cc1c(COc2cc(OCc3cncc(C#N)c3)c(CN(C)Cc3ccnn3C)cc2Cl)cccc1-c1cccc(OCCCN2CCCC2)c1C. The number of nitrogens with zero attached hydrogens (tertiary/aromatic N) is 6.